The van der Waals surface area contributed by atoms with Crippen molar-refractivity contribution in [3.63, 3.8) is 0 Å². The average molecular weight is 337 g/mol. The number of nitrogens with one attached hydrogen (secondary N) is 1. The van der Waals surface area contributed by atoms with Gasteiger partial charge in [0.25, 0.3) is 0 Å². The Balaban J connectivity index is 1.75. The van der Waals surface area contributed by atoms with E-state index in [1.165, 1.54) is 12.1 Å². The molecule has 0 saturated heterocycles. The monoisotopic (exact) mass is 337 g/mol. The number of aryl methyl sites for hydroxylation is 1. The first-order chi connectivity index (χ1) is 11.0. The van der Waals surface area contributed by atoms with E-state index in [9.17, 15) is 12.8 Å². The van der Waals surface area contributed by atoms with Crippen molar-refractivity contribution in [2.75, 3.05) is 0 Å². The second-order valence-electron chi connectivity index (χ2n) is 5.95. The molecule has 7 heteroatoms. The quantitative estimate of drug-likeness (QED) is 0.912. The number of nitrogens with zero attached hydrogens (tertiary/aromatic N) is 2. The van der Waals surface area contributed by atoms with Crippen molar-refractivity contribution in [3.8, 4) is 0 Å². The summed E-state index contributed by atoms with van der Waals surface area (Å²) in [5.41, 5.74) is 1.21. The van der Waals surface area contributed by atoms with Crippen molar-refractivity contribution >= 4 is 10.0 Å². The summed E-state index contributed by atoms with van der Waals surface area (Å²) in [6.45, 7) is 1.83. The summed E-state index contributed by atoms with van der Waals surface area (Å²) >= 11 is 0. The van der Waals surface area contributed by atoms with Gasteiger partial charge in [-0.2, -0.15) is 5.10 Å². The molecule has 1 aliphatic carbocycles. The van der Waals surface area contributed by atoms with Crippen molar-refractivity contribution in [1.29, 1.82) is 0 Å². The van der Waals surface area contributed by atoms with Crippen LogP contribution in [-0.2, 0) is 16.6 Å². The molecule has 0 aliphatic heterocycles. The van der Waals surface area contributed by atoms with Crippen LogP contribution >= 0.6 is 0 Å². The molecule has 2 aromatic rings. The molecule has 1 N–H and O–H groups in total. The van der Waals surface area contributed by atoms with Crippen molar-refractivity contribution in [2.45, 2.75) is 50.1 Å². The highest BCUT2D eigenvalue weighted by Gasteiger charge is 2.24. The summed E-state index contributed by atoms with van der Waals surface area (Å²) < 4.78 is 42.2. The van der Waals surface area contributed by atoms with E-state index in [0.29, 0.717) is 17.3 Å². The van der Waals surface area contributed by atoms with E-state index in [1.807, 2.05) is 0 Å². The average Bonchev–Trinajstić information content (AvgIpc) is 3.16. The van der Waals surface area contributed by atoms with Crippen LogP contribution in [0.3, 0.4) is 0 Å². The van der Waals surface area contributed by atoms with Crippen LogP contribution < -0.4 is 4.72 Å². The summed E-state index contributed by atoms with van der Waals surface area (Å²) in [5.74, 6) is -0.342. The number of sulfonamides is 1. The number of hydrogen-bond acceptors (Lipinski definition) is 3. The maximum absolute atomic E-state index is 12.9. The number of benzene rings is 1. The van der Waals surface area contributed by atoms with E-state index in [1.54, 1.807) is 29.9 Å². The predicted molar refractivity (Wildman–Crippen MR) is 84.9 cm³/mol. The minimum Gasteiger partial charge on any atom is -0.268 e. The molecular weight excluding hydrogens is 317 g/mol. The molecule has 3 rings (SSSR count). The van der Waals surface area contributed by atoms with Gasteiger partial charge in [-0.3, -0.25) is 4.68 Å². The van der Waals surface area contributed by atoms with Crippen LogP contribution in [-0.4, -0.2) is 18.2 Å². The fourth-order valence-corrected chi connectivity index (χ4v) is 4.13. The minimum absolute atomic E-state index is 0.122. The molecule has 0 unspecified atom stereocenters. The second-order valence-corrected chi connectivity index (χ2v) is 7.68. The molecule has 124 valence electrons. The van der Waals surface area contributed by atoms with Gasteiger partial charge >= 0.3 is 0 Å². The number of rotatable bonds is 5. The van der Waals surface area contributed by atoms with Crippen LogP contribution in [0.4, 0.5) is 4.39 Å². The van der Waals surface area contributed by atoms with E-state index in [-0.39, 0.29) is 17.3 Å². The van der Waals surface area contributed by atoms with Crippen LogP contribution in [0.5, 0.6) is 0 Å². The summed E-state index contributed by atoms with van der Waals surface area (Å²) in [7, 11) is -3.64. The normalized spacial score (nSPS) is 16.1. The van der Waals surface area contributed by atoms with Crippen LogP contribution in [0.25, 0.3) is 0 Å². The van der Waals surface area contributed by atoms with Crippen LogP contribution in [0.15, 0.2) is 35.4 Å². The van der Waals surface area contributed by atoms with Gasteiger partial charge in [0.15, 0.2) is 0 Å². The summed E-state index contributed by atoms with van der Waals surface area (Å²) in [6, 6.07) is 6.05. The molecule has 5 nitrogen and oxygen atoms in total. The predicted octanol–water partition coefficient (Wildman–Crippen LogP) is 2.92. The minimum atomic E-state index is -3.64. The molecule has 0 bridgehead atoms. The van der Waals surface area contributed by atoms with Crippen LogP contribution in [0.1, 0.15) is 43.0 Å². The molecule has 1 aliphatic rings. The first-order valence-electron chi connectivity index (χ1n) is 7.75. The Morgan fingerprint density at radius 3 is 2.57 bits per heavy atom. The van der Waals surface area contributed by atoms with Gasteiger partial charge in [-0.05, 0) is 37.5 Å². The maximum Gasteiger partial charge on any atom is 0.244 e. The van der Waals surface area contributed by atoms with E-state index in [2.05, 4.69) is 9.82 Å². The highest BCUT2D eigenvalue weighted by Crippen LogP contribution is 2.30. The van der Waals surface area contributed by atoms with Gasteiger partial charge in [0, 0.05) is 12.7 Å². The number of halogens is 1. The molecule has 0 spiro atoms. The van der Waals surface area contributed by atoms with Gasteiger partial charge in [0.2, 0.25) is 10.0 Å². The van der Waals surface area contributed by atoms with Crippen LogP contribution in [0.2, 0.25) is 0 Å². The summed E-state index contributed by atoms with van der Waals surface area (Å²) in [4.78, 5) is 0.214. The zero-order valence-electron chi connectivity index (χ0n) is 13.0. The van der Waals surface area contributed by atoms with E-state index >= 15 is 0 Å². The molecule has 1 heterocycles. The van der Waals surface area contributed by atoms with Gasteiger partial charge in [-0.25, -0.2) is 17.5 Å². The standard InChI is InChI=1S/C16H20FN3O2S/c1-12-16(11-20(19-12)15-4-2-3-5-15)23(21,22)18-10-13-6-8-14(17)9-7-13/h6-9,11,15,18H,2-5,10H2,1H3. The number of hydrogen-bond donors (Lipinski definition) is 1. The van der Waals surface area contributed by atoms with Gasteiger partial charge in [-0.1, -0.05) is 25.0 Å². The van der Waals surface area contributed by atoms with Gasteiger partial charge < -0.3 is 0 Å². The van der Waals surface area contributed by atoms with E-state index < -0.39 is 10.0 Å². The first-order valence-corrected chi connectivity index (χ1v) is 9.24. The van der Waals surface area contributed by atoms with Crippen molar-refractivity contribution in [1.82, 2.24) is 14.5 Å². The molecule has 0 radical (unpaired) electrons. The zero-order valence-corrected chi connectivity index (χ0v) is 13.8. The molecule has 1 aromatic carbocycles. The highest BCUT2D eigenvalue weighted by atomic mass is 32.2. The van der Waals surface area contributed by atoms with E-state index in [4.69, 9.17) is 0 Å². The Bertz CT molecular complexity index is 778. The molecule has 1 saturated carbocycles. The third kappa shape index (κ3) is 3.61. The lowest BCUT2D eigenvalue weighted by atomic mass is 10.2. The van der Waals surface area contributed by atoms with E-state index in [0.717, 1.165) is 25.7 Å². The Labute approximate surface area is 135 Å². The van der Waals surface area contributed by atoms with Gasteiger partial charge in [0.05, 0.1) is 11.7 Å². The Hall–Kier alpha value is -1.73. The van der Waals surface area contributed by atoms with Crippen molar-refractivity contribution in [3.05, 3.63) is 47.5 Å². The molecular formula is C16H20FN3O2S. The largest absolute Gasteiger partial charge is 0.268 e. The SMILES string of the molecule is Cc1nn(C2CCCC2)cc1S(=O)(=O)NCc1ccc(F)cc1. The number of aromatic nitrogens is 2. The van der Waals surface area contributed by atoms with Gasteiger partial charge in [0.1, 0.15) is 10.7 Å². The zero-order chi connectivity index (χ0) is 16.4. The third-order valence-corrected chi connectivity index (χ3v) is 5.74. The molecule has 1 fully saturated rings. The topological polar surface area (TPSA) is 64.0 Å². The lowest BCUT2D eigenvalue weighted by Gasteiger charge is -2.08. The molecule has 0 atom stereocenters. The van der Waals surface area contributed by atoms with Crippen LogP contribution in [0, 0.1) is 12.7 Å². The summed E-state index contributed by atoms with van der Waals surface area (Å²) in [6.07, 6.45) is 6.04. The lowest BCUT2D eigenvalue weighted by molar-refractivity contribution is 0.464. The smallest absolute Gasteiger partial charge is 0.244 e. The lowest BCUT2D eigenvalue weighted by Crippen LogP contribution is -2.23. The Kier molecular flexibility index (Phi) is 4.50. The highest BCUT2D eigenvalue weighted by molar-refractivity contribution is 7.89. The fourth-order valence-electron chi connectivity index (χ4n) is 2.94. The maximum atomic E-state index is 12.9. The second kappa shape index (κ2) is 6.41. The molecule has 1 aromatic heterocycles. The third-order valence-electron chi connectivity index (χ3n) is 4.24. The Morgan fingerprint density at radius 1 is 1.26 bits per heavy atom. The van der Waals surface area contributed by atoms with Crippen molar-refractivity contribution < 1.29 is 12.8 Å². The summed E-state index contributed by atoms with van der Waals surface area (Å²) in [5, 5.41) is 4.37. The first kappa shape index (κ1) is 16.1. The van der Waals surface area contributed by atoms with Gasteiger partial charge in [-0.15, -0.1) is 0 Å². The molecule has 0 amide bonds. The van der Waals surface area contributed by atoms with Crippen molar-refractivity contribution in [2.24, 2.45) is 0 Å². The fraction of sp³-hybridized carbons (Fsp3) is 0.438. The Morgan fingerprint density at radius 2 is 1.91 bits per heavy atom. The molecule has 23 heavy (non-hydrogen) atoms.